The Kier molecular flexibility index (Phi) is 3.52. The van der Waals surface area contributed by atoms with Gasteiger partial charge in [-0.05, 0) is 18.6 Å². The Bertz CT molecular complexity index is 550. The molecule has 0 aromatic carbocycles. The van der Waals surface area contributed by atoms with Gasteiger partial charge in [0.15, 0.2) is 0 Å². The molecule has 2 rings (SSSR count). The Labute approximate surface area is 104 Å². The third-order valence-corrected chi connectivity index (χ3v) is 2.43. The van der Waals surface area contributed by atoms with Crippen molar-refractivity contribution in [3.8, 4) is 0 Å². The molecule has 2 aromatic rings. The minimum absolute atomic E-state index is 0.0933. The number of carbonyl (C=O) groups excluding carboxylic acids is 1. The Hall–Kier alpha value is -2.44. The zero-order valence-electron chi connectivity index (χ0n) is 10.00. The predicted octanol–water partition coefficient (Wildman–Crippen LogP) is -0.120. The van der Waals surface area contributed by atoms with E-state index < -0.39 is 0 Å². The van der Waals surface area contributed by atoms with Crippen molar-refractivity contribution in [2.24, 2.45) is 0 Å². The number of nitrogens with two attached hydrogens (primary N) is 1. The van der Waals surface area contributed by atoms with Gasteiger partial charge in [0, 0.05) is 6.20 Å². The highest BCUT2D eigenvalue weighted by atomic mass is 16.2. The summed E-state index contributed by atoms with van der Waals surface area (Å²) in [5.74, 6) is -0.00618. The number of hydrogen-bond acceptors (Lipinski definition) is 5. The number of aromatic nitrogens is 4. The van der Waals surface area contributed by atoms with Gasteiger partial charge in [-0.25, -0.2) is 9.67 Å². The van der Waals surface area contributed by atoms with Crippen LogP contribution in [0.1, 0.15) is 11.3 Å². The van der Waals surface area contributed by atoms with Crippen LogP contribution in [0.3, 0.4) is 0 Å². The van der Waals surface area contributed by atoms with Gasteiger partial charge in [0.05, 0.1) is 12.2 Å². The zero-order chi connectivity index (χ0) is 13.0. The number of pyridine rings is 1. The first-order valence-electron chi connectivity index (χ1n) is 5.47. The van der Waals surface area contributed by atoms with E-state index >= 15 is 0 Å². The van der Waals surface area contributed by atoms with E-state index in [2.05, 4.69) is 20.4 Å². The van der Waals surface area contributed by atoms with Crippen LogP contribution < -0.4 is 11.1 Å². The number of nitrogens with one attached hydrogen (secondary N) is 1. The zero-order valence-corrected chi connectivity index (χ0v) is 10.00. The molecule has 0 radical (unpaired) electrons. The second kappa shape index (κ2) is 5.26. The molecule has 0 fully saturated rings. The van der Waals surface area contributed by atoms with Gasteiger partial charge >= 0.3 is 0 Å². The maximum atomic E-state index is 11.6. The minimum Gasteiger partial charge on any atom is -0.367 e. The topological polar surface area (TPSA) is 98.7 Å². The molecular weight excluding hydrogens is 232 g/mol. The fourth-order valence-electron chi connectivity index (χ4n) is 1.47. The van der Waals surface area contributed by atoms with Crippen molar-refractivity contribution in [3.63, 3.8) is 0 Å². The lowest BCUT2D eigenvalue weighted by Gasteiger charge is -2.06. The van der Waals surface area contributed by atoms with E-state index in [1.165, 1.54) is 11.0 Å². The van der Waals surface area contributed by atoms with E-state index in [1.807, 2.05) is 19.1 Å². The average Bonchev–Trinajstić information content (AvgIpc) is 2.74. The van der Waals surface area contributed by atoms with Gasteiger partial charge in [-0.2, -0.15) is 0 Å². The third-order valence-electron chi connectivity index (χ3n) is 2.43. The van der Waals surface area contributed by atoms with Crippen LogP contribution in [0.15, 0.2) is 24.7 Å². The maximum absolute atomic E-state index is 11.6. The molecular formula is C11H14N6O. The van der Waals surface area contributed by atoms with Gasteiger partial charge in [0.1, 0.15) is 12.9 Å². The second-order valence-electron chi connectivity index (χ2n) is 3.84. The van der Waals surface area contributed by atoms with Gasteiger partial charge in [0.2, 0.25) is 11.9 Å². The molecule has 0 saturated carbocycles. The largest absolute Gasteiger partial charge is 0.367 e. The highest BCUT2D eigenvalue weighted by Crippen LogP contribution is 2.02. The van der Waals surface area contributed by atoms with Crippen molar-refractivity contribution in [1.82, 2.24) is 25.1 Å². The Morgan fingerprint density at radius 1 is 1.50 bits per heavy atom. The molecule has 2 heterocycles. The SMILES string of the molecule is Cc1cccnc1CNC(=O)Cn1cnc(N)n1. The summed E-state index contributed by atoms with van der Waals surface area (Å²) < 4.78 is 1.38. The van der Waals surface area contributed by atoms with Crippen molar-refractivity contribution in [3.05, 3.63) is 35.9 Å². The average molecular weight is 246 g/mol. The third kappa shape index (κ3) is 3.03. The number of nitrogens with zero attached hydrogens (tertiary/aromatic N) is 4. The molecule has 0 spiro atoms. The summed E-state index contributed by atoms with van der Waals surface area (Å²) in [7, 11) is 0. The molecule has 1 amide bonds. The molecule has 0 unspecified atom stereocenters. The molecule has 0 atom stereocenters. The molecule has 7 heteroatoms. The Morgan fingerprint density at radius 3 is 3.00 bits per heavy atom. The molecule has 0 aliphatic heterocycles. The first kappa shape index (κ1) is 12.0. The summed E-state index contributed by atoms with van der Waals surface area (Å²) in [5, 5.41) is 6.60. The molecule has 18 heavy (non-hydrogen) atoms. The monoisotopic (exact) mass is 246 g/mol. The van der Waals surface area contributed by atoms with E-state index in [9.17, 15) is 4.79 Å². The van der Waals surface area contributed by atoms with Gasteiger partial charge in [-0.3, -0.25) is 9.78 Å². The molecule has 3 N–H and O–H groups in total. The van der Waals surface area contributed by atoms with E-state index in [0.717, 1.165) is 11.3 Å². The first-order chi connectivity index (χ1) is 8.65. The van der Waals surface area contributed by atoms with Crippen molar-refractivity contribution in [2.45, 2.75) is 20.0 Å². The van der Waals surface area contributed by atoms with Crippen LogP contribution in [0.25, 0.3) is 0 Å². The quantitative estimate of drug-likeness (QED) is 0.783. The van der Waals surface area contributed by atoms with E-state index in [0.29, 0.717) is 6.54 Å². The molecule has 0 aliphatic carbocycles. The minimum atomic E-state index is -0.162. The number of amides is 1. The number of hydrogen-bond donors (Lipinski definition) is 2. The van der Waals surface area contributed by atoms with E-state index in [4.69, 9.17) is 5.73 Å². The molecule has 7 nitrogen and oxygen atoms in total. The standard InChI is InChI=1S/C11H14N6O/c1-8-3-2-4-13-9(8)5-14-10(18)6-17-7-15-11(12)16-17/h2-4,7H,5-6H2,1H3,(H2,12,16)(H,14,18). The second-order valence-corrected chi connectivity index (χ2v) is 3.84. The van der Waals surface area contributed by atoms with Crippen molar-refractivity contribution in [2.75, 3.05) is 5.73 Å². The summed E-state index contributed by atoms with van der Waals surface area (Å²) in [5.41, 5.74) is 7.25. The number of aryl methyl sites for hydroxylation is 1. The van der Waals surface area contributed by atoms with Crippen LogP contribution in [0.5, 0.6) is 0 Å². The number of nitrogen functional groups attached to an aromatic ring is 1. The van der Waals surface area contributed by atoms with Crippen LogP contribution in [0, 0.1) is 6.92 Å². The van der Waals surface area contributed by atoms with Crippen LogP contribution in [-0.4, -0.2) is 25.7 Å². The summed E-state index contributed by atoms with van der Waals surface area (Å²) in [6.45, 7) is 2.44. The van der Waals surface area contributed by atoms with Crippen molar-refractivity contribution < 1.29 is 4.79 Å². The number of rotatable bonds is 4. The lowest BCUT2D eigenvalue weighted by molar-refractivity contribution is -0.122. The molecule has 0 saturated heterocycles. The fraction of sp³-hybridized carbons (Fsp3) is 0.273. The lowest BCUT2D eigenvalue weighted by Crippen LogP contribution is -2.28. The normalized spacial score (nSPS) is 10.3. The van der Waals surface area contributed by atoms with Gasteiger partial charge < -0.3 is 11.1 Å². The maximum Gasteiger partial charge on any atom is 0.242 e. The highest BCUT2D eigenvalue weighted by molar-refractivity contribution is 5.75. The van der Waals surface area contributed by atoms with Gasteiger partial charge in [0.25, 0.3) is 0 Å². The fourth-order valence-corrected chi connectivity index (χ4v) is 1.47. The van der Waals surface area contributed by atoms with Crippen LogP contribution in [0.2, 0.25) is 0 Å². The van der Waals surface area contributed by atoms with Gasteiger partial charge in [-0.15, -0.1) is 5.10 Å². The summed E-state index contributed by atoms with van der Waals surface area (Å²) in [6.07, 6.45) is 3.12. The Morgan fingerprint density at radius 2 is 2.33 bits per heavy atom. The first-order valence-corrected chi connectivity index (χ1v) is 5.47. The highest BCUT2D eigenvalue weighted by Gasteiger charge is 2.05. The van der Waals surface area contributed by atoms with Crippen LogP contribution >= 0.6 is 0 Å². The van der Waals surface area contributed by atoms with Gasteiger partial charge in [-0.1, -0.05) is 6.07 Å². The predicted molar refractivity (Wildman–Crippen MR) is 65.3 cm³/mol. The molecule has 0 aliphatic rings. The molecule has 94 valence electrons. The Balaban J connectivity index is 1.87. The van der Waals surface area contributed by atoms with E-state index in [-0.39, 0.29) is 18.4 Å². The number of anilines is 1. The lowest BCUT2D eigenvalue weighted by atomic mass is 10.2. The summed E-state index contributed by atoms with van der Waals surface area (Å²) >= 11 is 0. The molecule has 0 bridgehead atoms. The smallest absolute Gasteiger partial charge is 0.242 e. The van der Waals surface area contributed by atoms with E-state index in [1.54, 1.807) is 6.20 Å². The number of carbonyl (C=O) groups is 1. The van der Waals surface area contributed by atoms with Crippen LogP contribution in [-0.2, 0) is 17.9 Å². The summed E-state index contributed by atoms with van der Waals surface area (Å²) in [6, 6.07) is 3.81. The van der Waals surface area contributed by atoms with Crippen LogP contribution in [0.4, 0.5) is 5.95 Å². The summed E-state index contributed by atoms with van der Waals surface area (Å²) in [4.78, 5) is 19.6. The van der Waals surface area contributed by atoms with Crippen molar-refractivity contribution in [1.29, 1.82) is 0 Å². The molecule has 2 aromatic heterocycles. The van der Waals surface area contributed by atoms with Crippen molar-refractivity contribution >= 4 is 11.9 Å².